The van der Waals surface area contributed by atoms with Crippen LogP contribution in [0.3, 0.4) is 0 Å². The molecular weight excluding hydrogens is 244 g/mol. The van der Waals surface area contributed by atoms with Crippen LogP contribution in [0.25, 0.3) is 0 Å². The number of carbonyl (C=O) groups excluding carboxylic acids is 1. The Morgan fingerprint density at radius 3 is 1.85 bits per heavy atom. The zero-order valence-electron chi connectivity index (χ0n) is 11.9. The van der Waals surface area contributed by atoms with Gasteiger partial charge in [-0.3, -0.25) is 4.79 Å². The maximum Gasteiger partial charge on any atom is 0.148 e. The standard InChI is InChI=1S/C19H20O/c1-15-9-8-14-18(20)19(15,16-10-4-2-5-11-16)17-12-6-3-7-13-17/h2-7,10-13,15H,8-9,14H2,1H3. The molecule has 20 heavy (non-hydrogen) atoms. The van der Waals surface area contributed by atoms with E-state index < -0.39 is 5.41 Å². The summed E-state index contributed by atoms with van der Waals surface area (Å²) in [5, 5.41) is 0. The Hall–Kier alpha value is -1.89. The van der Waals surface area contributed by atoms with Crippen LogP contribution in [0.2, 0.25) is 0 Å². The van der Waals surface area contributed by atoms with E-state index in [4.69, 9.17) is 0 Å². The van der Waals surface area contributed by atoms with E-state index in [0.717, 1.165) is 24.0 Å². The van der Waals surface area contributed by atoms with E-state index in [-0.39, 0.29) is 0 Å². The van der Waals surface area contributed by atoms with E-state index in [1.54, 1.807) is 0 Å². The Morgan fingerprint density at radius 1 is 0.900 bits per heavy atom. The van der Waals surface area contributed by atoms with Gasteiger partial charge in [0.2, 0.25) is 0 Å². The van der Waals surface area contributed by atoms with Crippen LogP contribution in [-0.2, 0) is 10.2 Å². The lowest BCUT2D eigenvalue weighted by Crippen LogP contribution is -2.45. The molecule has 0 radical (unpaired) electrons. The van der Waals surface area contributed by atoms with Gasteiger partial charge >= 0.3 is 0 Å². The Labute approximate surface area is 120 Å². The molecule has 1 nitrogen and oxygen atoms in total. The molecule has 1 heteroatoms. The van der Waals surface area contributed by atoms with Gasteiger partial charge in [0.25, 0.3) is 0 Å². The van der Waals surface area contributed by atoms with Crippen molar-refractivity contribution in [3.05, 3.63) is 71.8 Å². The highest BCUT2D eigenvalue weighted by atomic mass is 16.1. The van der Waals surface area contributed by atoms with Gasteiger partial charge in [-0.15, -0.1) is 0 Å². The molecule has 0 spiro atoms. The smallest absolute Gasteiger partial charge is 0.148 e. The third-order valence-electron chi connectivity index (χ3n) is 4.68. The maximum absolute atomic E-state index is 12.9. The Morgan fingerprint density at radius 2 is 1.40 bits per heavy atom. The van der Waals surface area contributed by atoms with Crippen LogP contribution in [0.5, 0.6) is 0 Å². The third-order valence-corrected chi connectivity index (χ3v) is 4.68. The normalized spacial score (nSPS) is 21.6. The van der Waals surface area contributed by atoms with Gasteiger partial charge in [-0.25, -0.2) is 0 Å². The largest absolute Gasteiger partial charge is 0.298 e. The van der Waals surface area contributed by atoms with Crippen molar-refractivity contribution >= 4 is 5.78 Å². The lowest BCUT2D eigenvalue weighted by Gasteiger charge is -2.42. The van der Waals surface area contributed by atoms with E-state index in [0.29, 0.717) is 18.1 Å². The lowest BCUT2D eigenvalue weighted by molar-refractivity contribution is -0.126. The van der Waals surface area contributed by atoms with Crippen molar-refractivity contribution in [3.8, 4) is 0 Å². The highest BCUT2D eigenvalue weighted by Crippen LogP contribution is 2.46. The van der Waals surface area contributed by atoms with Gasteiger partial charge in [-0.1, -0.05) is 67.6 Å². The van der Waals surface area contributed by atoms with Gasteiger partial charge in [-0.2, -0.15) is 0 Å². The van der Waals surface area contributed by atoms with Crippen molar-refractivity contribution in [2.45, 2.75) is 31.6 Å². The van der Waals surface area contributed by atoms with Crippen molar-refractivity contribution in [3.63, 3.8) is 0 Å². The van der Waals surface area contributed by atoms with Crippen molar-refractivity contribution in [1.29, 1.82) is 0 Å². The highest BCUT2D eigenvalue weighted by Gasteiger charge is 2.47. The van der Waals surface area contributed by atoms with Gasteiger partial charge in [0.1, 0.15) is 5.78 Å². The molecule has 0 aliphatic heterocycles. The maximum atomic E-state index is 12.9. The quantitative estimate of drug-likeness (QED) is 0.787. The number of carbonyl (C=O) groups is 1. The Balaban J connectivity index is 2.25. The predicted molar refractivity (Wildman–Crippen MR) is 81.7 cm³/mol. The van der Waals surface area contributed by atoms with E-state index >= 15 is 0 Å². The summed E-state index contributed by atoms with van der Waals surface area (Å²) in [6.45, 7) is 2.22. The average molecular weight is 264 g/mol. The topological polar surface area (TPSA) is 17.1 Å². The molecule has 0 N–H and O–H groups in total. The summed E-state index contributed by atoms with van der Waals surface area (Å²) in [4.78, 5) is 12.9. The number of benzene rings is 2. The van der Waals surface area contributed by atoms with Gasteiger partial charge in [-0.05, 0) is 29.9 Å². The first-order chi connectivity index (χ1) is 9.76. The van der Waals surface area contributed by atoms with E-state index in [1.165, 1.54) is 0 Å². The van der Waals surface area contributed by atoms with Crippen molar-refractivity contribution < 1.29 is 4.79 Å². The molecule has 0 bridgehead atoms. The fourth-order valence-corrected chi connectivity index (χ4v) is 3.72. The number of Topliss-reactive ketones (excluding diaryl/α,β-unsaturated/α-hetero) is 1. The van der Waals surface area contributed by atoms with Gasteiger partial charge in [0.05, 0.1) is 5.41 Å². The van der Waals surface area contributed by atoms with Crippen molar-refractivity contribution in [2.75, 3.05) is 0 Å². The monoisotopic (exact) mass is 264 g/mol. The Kier molecular flexibility index (Phi) is 3.43. The second-order valence-corrected chi connectivity index (χ2v) is 5.76. The fourth-order valence-electron chi connectivity index (χ4n) is 3.72. The molecule has 102 valence electrons. The minimum atomic E-state index is -0.458. The fraction of sp³-hybridized carbons (Fsp3) is 0.316. The summed E-state index contributed by atoms with van der Waals surface area (Å²) in [6.07, 6.45) is 2.81. The summed E-state index contributed by atoms with van der Waals surface area (Å²) in [6, 6.07) is 20.6. The summed E-state index contributed by atoms with van der Waals surface area (Å²) in [5.74, 6) is 0.710. The molecule has 0 amide bonds. The molecular formula is C19H20O. The van der Waals surface area contributed by atoms with E-state index in [9.17, 15) is 4.79 Å². The van der Waals surface area contributed by atoms with Crippen molar-refractivity contribution in [1.82, 2.24) is 0 Å². The first-order valence-electron chi connectivity index (χ1n) is 7.40. The molecule has 2 aromatic carbocycles. The van der Waals surface area contributed by atoms with Crippen LogP contribution in [-0.4, -0.2) is 5.78 Å². The van der Waals surface area contributed by atoms with Crippen LogP contribution in [0.1, 0.15) is 37.3 Å². The summed E-state index contributed by atoms with van der Waals surface area (Å²) < 4.78 is 0. The van der Waals surface area contributed by atoms with Crippen LogP contribution >= 0.6 is 0 Å². The van der Waals surface area contributed by atoms with Crippen LogP contribution in [0, 0.1) is 5.92 Å². The first-order valence-corrected chi connectivity index (χ1v) is 7.40. The van der Waals surface area contributed by atoms with Crippen molar-refractivity contribution in [2.24, 2.45) is 5.92 Å². The summed E-state index contributed by atoms with van der Waals surface area (Å²) in [5.41, 5.74) is 1.83. The second kappa shape index (κ2) is 5.24. The molecule has 2 aromatic rings. The molecule has 1 unspecified atom stereocenters. The van der Waals surface area contributed by atoms with Crippen LogP contribution in [0.4, 0.5) is 0 Å². The first kappa shape index (κ1) is 13.1. The SMILES string of the molecule is CC1CCCC(=O)C1(c1ccccc1)c1ccccc1. The highest BCUT2D eigenvalue weighted by molar-refractivity contribution is 5.94. The number of ketones is 1. The minimum Gasteiger partial charge on any atom is -0.298 e. The average Bonchev–Trinajstić information content (AvgIpc) is 2.50. The molecule has 3 rings (SSSR count). The summed E-state index contributed by atoms with van der Waals surface area (Å²) >= 11 is 0. The molecule has 0 saturated heterocycles. The lowest BCUT2D eigenvalue weighted by atomic mass is 9.59. The predicted octanol–water partition coefficient (Wildman–Crippen LogP) is 4.36. The van der Waals surface area contributed by atoms with Crippen LogP contribution < -0.4 is 0 Å². The molecule has 0 aromatic heterocycles. The number of hydrogen-bond donors (Lipinski definition) is 0. The minimum absolute atomic E-state index is 0.341. The number of rotatable bonds is 2. The molecule has 1 saturated carbocycles. The zero-order valence-corrected chi connectivity index (χ0v) is 11.9. The second-order valence-electron chi connectivity index (χ2n) is 5.76. The zero-order chi connectivity index (χ0) is 14.0. The van der Waals surface area contributed by atoms with Gasteiger partial charge in [0.15, 0.2) is 0 Å². The molecule has 1 aliphatic carbocycles. The molecule has 0 heterocycles. The summed E-state index contributed by atoms with van der Waals surface area (Å²) in [7, 11) is 0. The third kappa shape index (κ3) is 1.89. The molecule has 1 aliphatic rings. The molecule has 1 atom stereocenters. The van der Waals surface area contributed by atoms with Gasteiger partial charge in [0, 0.05) is 6.42 Å². The van der Waals surface area contributed by atoms with Gasteiger partial charge < -0.3 is 0 Å². The Bertz CT molecular complexity index is 546. The van der Waals surface area contributed by atoms with E-state index in [1.807, 2.05) is 36.4 Å². The van der Waals surface area contributed by atoms with Crippen LogP contribution in [0.15, 0.2) is 60.7 Å². The number of hydrogen-bond acceptors (Lipinski definition) is 1. The molecule has 1 fully saturated rings. The van der Waals surface area contributed by atoms with E-state index in [2.05, 4.69) is 31.2 Å².